The third-order valence-electron chi connectivity index (χ3n) is 0.570. The standard InChI is InChI=1S/C2H2Cl3NO3S/c3-2(4,5)10(8,9)1(6)7/h(H2,6,7). The molecule has 0 aliphatic heterocycles. The van der Waals surface area contributed by atoms with Gasteiger partial charge in [-0.25, -0.2) is 8.42 Å². The van der Waals surface area contributed by atoms with Crippen molar-refractivity contribution in [2.75, 3.05) is 0 Å². The predicted octanol–water partition coefficient (Wildman–Crippen LogP) is 0.808. The van der Waals surface area contributed by atoms with Crippen molar-refractivity contribution < 1.29 is 13.2 Å². The molecule has 0 saturated heterocycles. The summed E-state index contributed by atoms with van der Waals surface area (Å²) < 4.78 is 18.3. The van der Waals surface area contributed by atoms with Gasteiger partial charge in [-0.1, -0.05) is 34.8 Å². The third-order valence-corrected chi connectivity index (χ3v) is 3.54. The second-order valence-electron chi connectivity index (χ2n) is 1.27. The highest BCUT2D eigenvalue weighted by atomic mass is 35.6. The van der Waals surface area contributed by atoms with Gasteiger partial charge in [-0.3, -0.25) is 4.79 Å². The fourth-order valence-electron chi connectivity index (χ4n) is 0.114. The number of primary amides is 1. The number of hydrogen-bond acceptors (Lipinski definition) is 3. The number of halogens is 3. The number of rotatable bonds is 0. The van der Waals surface area contributed by atoms with Crippen LogP contribution in [0.3, 0.4) is 0 Å². The summed E-state index contributed by atoms with van der Waals surface area (Å²) >= 11 is 14.6. The van der Waals surface area contributed by atoms with Gasteiger partial charge < -0.3 is 5.73 Å². The highest BCUT2D eigenvalue weighted by Gasteiger charge is 2.42. The first-order valence-electron chi connectivity index (χ1n) is 1.80. The molecule has 60 valence electrons. The van der Waals surface area contributed by atoms with E-state index in [0.29, 0.717) is 0 Å². The molecule has 2 N–H and O–H groups in total. The zero-order valence-electron chi connectivity index (χ0n) is 4.34. The van der Waals surface area contributed by atoms with Gasteiger partial charge >= 0.3 is 8.36 Å². The van der Waals surface area contributed by atoms with Crippen molar-refractivity contribution in [3.8, 4) is 0 Å². The van der Waals surface area contributed by atoms with Crippen LogP contribution in [0, 0.1) is 0 Å². The van der Waals surface area contributed by atoms with Crippen LogP contribution in [0.1, 0.15) is 0 Å². The predicted molar refractivity (Wildman–Crippen MR) is 38.8 cm³/mol. The summed E-state index contributed by atoms with van der Waals surface area (Å²) in [6, 6.07) is 0. The molecular formula is C2H2Cl3NO3S. The van der Waals surface area contributed by atoms with E-state index in [4.69, 9.17) is 34.8 Å². The quantitative estimate of drug-likeness (QED) is 0.621. The molecule has 0 aromatic rings. The first-order chi connectivity index (χ1) is 4.19. The van der Waals surface area contributed by atoms with Crippen LogP contribution >= 0.6 is 34.8 Å². The van der Waals surface area contributed by atoms with Crippen LogP contribution in [0.15, 0.2) is 0 Å². The molecule has 0 bridgehead atoms. The molecule has 0 aliphatic carbocycles. The van der Waals surface area contributed by atoms with E-state index >= 15 is 0 Å². The van der Waals surface area contributed by atoms with Gasteiger partial charge in [0, 0.05) is 0 Å². The third kappa shape index (κ3) is 1.88. The molecule has 0 heterocycles. The van der Waals surface area contributed by atoms with Crippen molar-refractivity contribution in [2.24, 2.45) is 5.73 Å². The van der Waals surface area contributed by atoms with Gasteiger partial charge in [-0.15, -0.1) is 0 Å². The maximum Gasteiger partial charge on any atom is 0.338 e. The molecule has 0 rings (SSSR count). The van der Waals surface area contributed by atoms with E-state index in [1.54, 1.807) is 0 Å². The van der Waals surface area contributed by atoms with Gasteiger partial charge in [0.2, 0.25) is 0 Å². The molecule has 0 aromatic carbocycles. The highest BCUT2D eigenvalue weighted by molar-refractivity contribution is 8.10. The average Bonchev–Trinajstić information content (AvgIpc) is 1.62. The van der Waals surface area contributed by atoms with Crippen LogP contribution < -0.4 is 5.73 Å². The summed E-state index contributed by atoms with van der Waals surface area (Å²) in [5.41, 5.74) is 4.38. The van der Waals surface area contributed by atoms with E-state index in [1.807, 2.05) is 0 Å². The topological polar surface area (TPSA) is 77.2 Å². The van der Waals surface area contributed by atoms with Crippen LogP contribution in [0.25, 0.3) is 0 Å². The summed E-state index contributed by atoms with van der Waals surface area (Å²) in [7, 11) is -4.48. The van der Waals surface area contributed by atoms with Gasteiger partial charge in [0.15, 0.2) is 0 Å². The molecule has 0 saturated carbocycles. The molecule has 0 spiro atoms. The zero-order valence-corrected chi connectivity index (χ0v) is 7.43. The molecule has 0 aliphatic rings. The Hall–Kier alpha value is 0.290. The Bertz CT molecular complexity index is 239. The molecule has 0 radical (unpaired) electrons. The number of nitrogens with two attached hydrogens (primary N) is 1. The molecule has 0 unspecified atom stereocenters. The Balaban J connectivity index is 4.98. The first-order valence-corrected chi connectivity index (χ1v) is 4.42. The fourth-order valence-corrected chi connectivity index (χ4v) is 1.03. The Labute approximate surface area is 72.1 Å². The van der Waals surface area contributed by atoms with Crippen LogP contribution in [-0.4, -0.2) is 16.8 Å². The molecule has 0 atom stereocenters. The molecule has 8 heteroatoms. The lowest BCUT2D eigenvalue weighted by molar-refractivity contribution is 0.265. The Morgan fingerprint density at radius 1 is 1.30 bits per heavy atom. The van der Waals surface area contributed by atoms with Gasteiger partial charge in [0.25, 0.3) is 9.84 Å². The van der Waals surface area contributed by atoms with Crippen molar-refractivity contribution in [3.63, 3.8) is 0 Å². The van der Waals surface area contributed by atoms with E-state index in [2.05, 4.69) is 5.73 Å². The molecular weight excluding hydrogens is 224 g/mol. The van der Waals surface area contributed by atoms with Crippen LogP contribution in [0.2, 0.25) is 0 Å². The number of alkyl halides is 3. The summed E-state index contributed by atoms with van der Waals surface area (Å²) in [6.07, 6.45) is 0. The molecule has 0 aromatic heterocycles. The number of amides is 1. The molecule has 0 fully saturated rings. The zero-order chi connectivity index (χ0) is 8.58. The van der Waals surface area contributed by atoms with Gasteiger partial charge in [-0.05, 0) is 0 Å². The van der Waals surface area contributed by atoms with Crippen LogP contribution in [-0.2, 0) is 9.84 Å². The van der Waals surface area contributed by atoms with Crippen molar-refractivity contribution in [2.45, 2.75) is 3.12 Å². The molecule has 1 amide bonds. The van der Waals surface area contributed by atoms with E-state index in [-0.39, 0.29) is 0 Å². The summed E-state index contributed by atoms with van der Waals surface area (Å²) in [6.45, 7) is 0. The monoisotopic (exact) mass is 225 g/mol. The van der Waals surface area contributed by atoms with Crippen molar-refractivity contribution >= 4 is 49.9 Å². The average molecular weight is 226 g/mol. The molecule has 4 nitrogen and oxygen atoms in total. The van der Waals surface area contributed by atoms with Crippen molar-refractivity contribution in [1.82, 2.24) is 0 Å². The number of carbonyl (C=O) groups excluding carboxylic acids is 1. The van der Waals surface area contributed by atoms with E-state index in [0.717, 1.165) is 0 Å². The minimum atomic E-state index is -4.48. The lowest BCUT2D eigenvalue weighted by Gasteiger charge is -2.06. The number of sulfone groups is 1. The van der Waals surface area contributed by atoms with Crippen molar-refractivity contribution in [1.29, 1.82) is 0 Å². The Morgan fingerprint density at radius 2 is 1.60 bits per heavy atom. The normalized spacial score (nSPS) is 13.1. The number of carbonyl (C=O) groups is 1. The van der Waals surface area contributed by atoms with Gasteiger partial charge in [0.05, 0.1) is 0 Å². The smallest absolute Gasteiger partial charge is 0.338 e. The van der Waals surface area contributed by atoms with Gasteiger partial charge in [0.1, 0.15) is 0 Å². The first kappa shape index (κ1) is 10.3. The second-order valence-corrected chi connectivity index (χ2v) is 6.24. The van der Waals surface area contributed by atoms with E-state index in [1.165, 1.54) is 0 Å². The summed E-state index contributed by atoms with van der Waals surface area (Å²) in [5.74, 6) is 0. The van der Waals surface area contributed by atoms with Crippen molar-refractivity contribution in [3.05, 3.63) is 0 Å². The lowest BCUT2D eigenvalue weighted by atomic mass is 11.5. The van der Waals surface area contributed by atoms with Crippen LogP contribution in [0.4, 0.5) is 4.79 Å². The maximum atomic E-state index is 10.5. The Kier molecular flexibility index (Phi) is 2.81. The van der Waals surface area contributed by atoms with E-state index < -0.39 is 18.2 Å². The summed E-state index contributed by atoms with van der Waals surface area (Å²) in [5, 5.41) is -1.66. The minimum absolute atomic E-state index is 1.66. The summed E-state index contributed by atoms with van der Waals surface area (Å²) in [4.78, 5) is 10.0. The second kappa shape index (κ2) is 2.73. The van der Waals surface area contributed by atoms with Gasteiger partial charge in [-0.2, -0.15) is 0 Å². The SMILES string of the molecule is NC(=O)S(=O)(=O)C(Cl)(Cl)Cl. The number of hydrogen-bond donors (Lipinski definition) is 1. The van der Waals surface area contributed by atoms with Crippen LogP contribution in [0.5, 0.6) is 0 Å². The lowest BCUT2D eigenvalue weighted by Crippen LogP contribution is -2.32. The maximum absolute atomic E-state index is 10.5. The van der Waals surface area contributed by atoms with E-state index in [9.17, 15) is 13.2 Å². The highest BCUT2D eigenvalue weighted by Crippen LogP contribution is 2.33. The largest absolute Gasteiger partial charge is 0.356 e. The fraction of sp³-hybridized carbons (Fsp3) is 0.500. The molecule has 10 heavy (non-hydrogen) atoms. The Morgan fingerprint density at radius 3 is 1.60 bits per heavy atom. The minimum Gasteiger partial charge on any atom is -0.356 e.